The van der Waals surface area contributed by atoms with E-state index in [2.05, 4.69) is 32.9 Å². The molecule has 1 aliphatic carbocycles. The molecule has 46 heavy (non-hydrogen) atoms. The third-order valence-corrected chi connectivity index (χ3v) is 8.05. The molecule has 1 saturated carbocycles. The minimum Gasteiger partial charge on any atom is -0.481 e. The summed E-state index contributed by atoms with van der Waals surface area (Å²) in [5.74, 6) is -9.06. The molecular weight excluding hydrogens is 596 g/mol. The predicted molar refractivity (Wildman–Crippen MR) is 167 cm³/mol. The van der Waals surface area contributed by atoms with Crippen molar-refractivity contribution in [2.75, 3.05) is 0 Å². The van der Waals surface area contributed by atoms with Gasteiger partial charge in [0.2, 0.25) is 5.76 Å². The van der Waals surface area contributed by atoms with Crippen LogP contribution in [-0.2, 0) is 38.2 Å². The van der Waals surface area contributed by atoms with Crippen molar-refractivity contribution >= 4 is 35.6 Å². The Morgan fingerprint density at radius 1 is 0.957 bits per heavy atom. The largest absolute Gasteiger partial charge is 0.481 e. The maximum Gasteiger partial charge on any atom is 0.375 e. The van der Waals surface area contributed by atoms with Crippen LogP contribution in [0.5, 0.6) is 0 Å². The lowest BCUT2D eigenvalue weighted by molar-refractivity contribution is -0.165. The average molecular weight is 643 g/mol. The number of hydrogen-bond donors (Lipinski definition) is 2. The number of benzene rings is 1. The first-order valence-electron chi connectivity index (χ1n) is 15.6. The van der Waals surface area contributed by atoms with Crippen molar-refractivity contribution < 1.29 is 53.2 Å². The van der Waals surface area contributed by atoms with Gasteiger partial charge in [-0.15, -0.1) is 0 Å². The van der Waals surface area contributed by atoms with Crippen LogP contribution in [0.1, 0.15) is 109 Å². The van der Waals surface area contributed by atoms with Crippen LogP contribution in [0.2, 0.25) is 0 Å². The fourth-order valence-corrected chi connectivity index (χ4v) is 5.80. The Balaban J connectivity index is 2.49. The van der Waals surface area contributed by atoms with E-state index in [9.17, 15) is 39.0 Å². The standard InChI is InChI=1S/C35H46O11/c1-6-7-19-34(4,5)20-11-15-25-17-18-28(38)27(25)16-12-21-35(22-29(39)40,46-24(3)37)31(30(32(41)42)44-23(2)36)45-33(43)26-13-9-8-10-14-26/h8-11,13-15,25,27H,6-7,12,16-22H2,1-5H3,(H,39,40)(H,41,42)/b15-11+,31-30+/t25-,27+,35?/m0/s1. The molecule has 0 bridgehead atoms. The highest BCUT2D eigenvalue weighted by atomic mass is 16.6. The van der Waals surface area contributed by atoms with Crippen LogP contribution in [0.4, 0.5) is 0 Å². The van der Waals surface area contributed by atoms with Crippen molar-refractivity contribution in [1.82, 2.24) is 0 Å². The Morgan fingerprint density at radius 3 is 2.20 bits per heavy atom. The lowest BCUT2D eigenvalue weighted by atomic mass is 9.82. The normalized spacial score (nSPS) is 18.4. The van der Waals surface area contributed by atoms with E-state index in [0.717, 1.165) is 39.5 Å². The number of carbonyl (C=O) groups is 6. The molecule has 1 aliphatic rings. The van der Waals surface area contributed by atoms with E-state index >= 15 is 0 Å². The second kappa shape index (κ2) is 17.4. The average Bonchev–Trinajstić information content (AvgIpc) is 3.31. The molecule has 3 atom stereocenters. The molecule has 1 unspecified atom stereocenters. The van der Waals surface area contributed by atoms with Gasteiger partial charge in [-0.1, -0.05) is 64.0 Å². The van der Waals surface area contributed by atoms with Crippen LogP contribution in [0, 0.1) is 17.3 Å². The second-order valence-corrected chi connectivity index (χ2v) is 12.5. The Bertz CT molecular complexity index is 1310. The summed E-state index contributed by atoms with van der Waals surface area (Å²) in [5.41, 5.74) is -2.28. The van der Waals surface area contributed by atoms with Crippen LogP contribution in [0.3, 0.4) is 0 Å². The van der Waals surface area contributed by atoms with Crippen molar-refractivity contribution in [2.45, 2.75) is 104 Å². The van der Waals surface area contributed by atoms with Crippen molar-refractivity contribution in [2.24, 2.45) is 17.3 Å². The molecule has 0 saturated heterocycles. The van der Waals surface area contributed by atoms with Crippen LogP contribution in [0.15, 0.2) is 54.0 Å². The Labute approximate surface area is 270 Å². The maximum absolute atomic E-state index is 13.2. The molecule has 1 fully saturated rings. The number of aliphatic carboxylic acids is 2. The van der Waals surface area contributed by atoms with Crippen molar-refractivity contribution in [3.05, 3.63) is 59.6 Å². The number of hydrogen-bond acceptors (Lipinski definition) is 9. The molecule has 0 spiro atoms. The van der Waals surface area contributed by atoms with Gasteiger partial charge in [0.15, 0.2) is 5.60 Å². The molecule has 0 amide bonds. The van der Waals surface area contributed by atoms with E-state index in [0.29, 0.717) is 12.8 Å². The molecule has 252 valence electrons. The SMILES string of the molecule is CCCCC(C)(C)C/C=C/[C@H]1CCC(=O)[C@@H]1CCCC(CC(=O)O)(OC(C)=O)/C(OC(=O)c1ccccc1)=C(\OC(C)=O)C(=O)O. The fraction of sp³-hybridized carbons (Fsp3) is 0.543. The van der Waals surface area contributed by atoms with E-state index in [-0.39, 0.29) is 47.9 Å². The molecule has 11 heteroatoms. The van der Waals surface area contributed by atoms with Gasteiger partial charge in [0.1, 0.15) is 5.78 Å². The minimum absolute atomic E-state index is 0.0244. The summed E-state index contributed by atoms with van der Waals surface area (Å²) in [6.07, 6.45) is 8.39. The summed E-state index contributed by atoms with van der Waals surface area (Å²) >= 11 is 0. The highest BCUT2D eigenvalue weighted by Gasteiger charge is 2.48. The molecule has 2 rings (SSSR count). The summed E-state index contributed by atoms with van der Waals surface area (Å²) in [7, 11) is 0. The van der Waals surface area contributed by atoms with E-state index in [1.807, 2.05) is 0 Å². The molecule has 0 radical (unpaired) electrons. The Hall–Kier alpha value is -4.28. The molecule has 11 nitrogen and oxygen atoms in total. The van der Waals surface area contributed by atoms with Crippen LogP contribution >= 0.6 is 0 Å². The van der Waals surface area contributed by atoms with Gasteiger partial charge >= 0.3 is 29.8 Å². The summed E-state index contributed by atoms with van der Waals surface area (Å²) in [6.45, 7) is 8.46. The molecule has 0 heterocycles. The molecule has 2 N–H and O–H groups in total. The number of rotatable bonds is 18. The first-order valence-corrected chi connectivity index (χ1v) is 15.6. The Kier molecular flexibility index (Phi) is 14.4. The van der Waals surface area contributed by atoms with Gasteiger partial charge in [-0.25, -0.2) is 9.59 Å². The molecular formula is C35H46O11. The fourth-order valence-electron chi connectivity index (χ4n) is 5.80. The Morgan fingerprint density at radius 2 is 1.63 bits per heavy atom. The smallest absolute Gasteiger partial charge is 0.375 e. The van der Waals surface area contributed by atoms with Gasteiger partial charge in [0.05, 0.1) is 12.0 Å². The number of esters is 3. The summed E-state index contributed by atoms with van der Waals surface area (Å²) in [5, 5.41) is 19.9. The van der Waals surface area contributed by atoms with E-state index in [1.165, 1.54) is 24.3 Å². The van der Waals surface area contributed by atoms with Crippen LogP contribution in [0.25, 0.3) is 0 Å². The van der Waals surface area contributed by atoms with Crippen molar-refractivity contribution in [1.29, 1.82) is 0 Å². The molecule has 1 aromatic carbocycles. The van der Waals surface area contributed by atoms with Crippen LogP contribution in [-0.4, -0.2) is 51.4 Å². The zero-order chi connectivity index (χ0) is 34.5. The number of carbonyl (C=O) groups excluding carboxylic acids is 4. The number of ketones is 1. The second-order valence-electron chi connectivity index (χ2n) is 12.5. The highest BCUT2D eigenvalue weighted by Crippen LogP contribution is 2.40. The van der Waals surface area contributed by atoms with Gasteiger partial charge in [-0.05, 0) is 62.0 Å². The first kappa shape index (κ1) is 37.9. The molecule has 0 aromatic heterocycles. The first-order chi connectivity index (χ1) is 21.6. The van der Waals surface area contributed by atoms with E-state index in [1.54, 1.807) is 6.07 Å². The zero-order valence-electron chi connectivity index (χ0n) is 27.3. The third-order valence-electron chi connectivity index (χ3n) is 8.05. The highest BCUT2D eigenvalue weighted by molar-refractivity contribution is 5.93. The van der Waals surface area contributed by atoms with Gasteiger partial charge < -0.3 is 24.4 Å². The lowest BCUT2D eigenvalue weighted by Crippen LogP contribution is -2.43. The van der Waals surface area contributed by atoms with Crippen molar-refractivity contribution in [3.8, 4) is 0 Å². The predicted octanol–water partition coefficient (Wildman–Crippen LogP) is 6.41. The lowest BCUT2D eigenvalue weighted by Gasteiger charge is -2.34. The zero-order valence-corrected chi connectivity index (χ0v) is 27.3. The van der Waals surface area contributed by atoms with E-state index in [4.69, 9.17) is 14.2 Å². The number of carboxylic acids is 2. The van der Waals surface area contributed by atoms with Gasteiger partial charge in [0.25, 0.3) is 5.76 Å². The number of ether oxygens (including phenoxy) is 3. The number of allylic oxidation sites excluding steroid dienone is 2. The minimum atomic E-state index is -2.37. The van der Waals surface area contributed by atoms with Gasteiger partial charge in [0, 0.05) is 26.2 Å². The quantitative estimate of drug-likeness (QED) is 0.0596. The summed E-state index contributed by atoms with van der Waals surface area (Å²) in [6, 6.07) is 7.43. The topological polar surface area (TPSA) is 171 Å². The van der Waals surface area contributed by atoms with E-state index < -0.39 is 53.4 Å². The van der Waals surface area contributed by atoms with Crippen LogP contribution < -0.4 is 0 Å². The molecule has 1 aromatic rings. The summed E-state index contributed by atoms with van der Waals surface area (Å²) in [4.78, 5) is 74.9. The van der Waals surface area contributed by atoms with Gasteiger partial charge in [-0.2, -0.15) is 0 Å². The summed E-state index contributed by atoms with van der Waals surface area (Å²) < 4.78 is 15.9. The molecule has 0 aliphatic heterocycles. The maximum atomic E-state index is 13.2. The number of Topliss-reactive ketones (excluding diaryl/α,β-unsaturated/α-hetero) is 1. The van der Waals surface area contributed by atoms with Gasteiger partial charge in [-0.3, -0.25) is 19.2 Å². The number of carboxylic acid groups (broad SMARTS) is 2. The monoisotopic (exact) mass is 642 g/mol. The van der Waals surface area contributed by atoms with Crippen molar-refractivity contribution in [3.63, 3.8) is 0 Å². The number of unbranched alkanes of at least 4 members (excludes halogenated alkanes) is 1. The third kappa shape index (κ3) is 11.6.